The van der Waals surface area contributed by atoms with Crippen molar-refractivity contribution in [2.75, 3.05) is 13.2 Å². The maximum Gasteiger partial charge on any atom is 0.306 e. The number of rotatable bonds is 61. The molecule has 0 radical (unpaired) electrons. The van der Waals surface area contributed by atoms with Crippen molar-refractivity contribution in [1.82, 2.24) is 0 Å². The molecule has 0 aliphatic heterocycles. The van der Waals surface area contributed by atoms with E-state index in [0.717, 1.165) is 135 Å². The van der Waals surface area contributed by atoms with Crippen LogP contribution < -0.4 is 0 Å². The van der Waals surface area contributed by atoms with Gasteiger partial charge >= 0.3 is 17.9 Å². The number of hydrogen-bond acceptors (Lipinski definition) is 6. The average Bonchev–Trinajstić information content (AvgIpc) is 3.46. The molecule has 1 unspecified atom stereocenters. The number of carbonyl (C=O) groups is 3. The minimum Gasteiger partial charge on any atom is -0.462 e. The third kappa shape index (κ3) is 64.9. The molecule has 0 spiro atoms. The number of carbonyl (C=O) groups excluding carboxylic acids is 3. The summed E-state index contributed by atoms with van der Waals surface area (Å²) >= 11 is 0. The molecule has 0 aromatic rings. The van der Waals surface area contributed by atoms with Crippen LogP contribution in [0, 0.1) is 0 Å². The molecule has 80 heavy (non-hydrogen) atoms. The lowest BCUT2D eigenvalue weighted by atomic mass is 10.0. The highest BCUT2D eigenvalue weighted by atomic mass is 16.6. The Morgan fingerprint density at radius 2 is 0.487 bits per heavy atom. The lowest BCUT2D eigenvalue weighted by Gasteiger charge is -2.18. The Morgan fingerprint density at radius 3 is 0.787 bits per heavy atom. The molecule has 0 bridgehead atoms. The standard InChI is InChI=1S/C74H126O6/c1-4-7-10-13-16-19-22-25-28-31-33-34-35-36-37-38-39-40-41-44-46-49-52-55-58-61-64-67-73(76)79-70-71(69-78-72(75)66-63-60-57-54-51-48-45-42-30-27-24-21-18-15-12-9-6-3)80-74(77)68-65-62-59-56-53-50-47-43-32-29-26-23-20-17-14-11-8-5-2/h7,10,16,18-19,21,25,27-28,30,33-34,36-37,39-40,44,46,71H,4-6,8-9,11-15,17,20,22-24,26,29,31-32,35,38,41-43,45,47-70H2,1-3H3/b10-7-,19-16-,21-18-,28-25-,30-27-,34-33-,37-36-,40-39-,46-44-. The zero-order chi connectivity index (χ0) is 57.8. The summed E-state index contributed by atoms with van der Waals surface area (Å²) in [5.74, 6) is -0.900. The normalized spacial score (nSPS) is 12.8. The summed E-state index contributed by atoms with van der Waals surface area (Å²) in [6.07, 6.45) is 92.3. The summed E-state index contributed by atoms with van der Waals surface area (Å²) in [4.78, 5) is 38.4. The zero-order valence-corrected chi connectivity index (χ0v) is 52.6. The van der Waals surface area contributed by atoms with Gasteiger partial charge in [0, 0.05) is 19.3 Å². The molecule has 1 atom stereocenters. The van der Waals surface area contributed by atoms with E-state index in [-0.39, 0.29) is 31.1 Å². The number of allylic oxidation sites excluding steroid dienone is 18. The van der Waals surface area contributed by atoms with Crippen molar-refractivity contribution in [2.24, 2.45) is 0 Å². The highest BCUT2D eigenvalue weighted by Crippen LogP contribution is 2.17. The first-order chi connectivity index (χ1) is 39.5. The van der Waals surface area contributed by atoms with Crippen LogP contribution in [-0.2, 0) is 28.6 Å². The highest BCUT2D eigenvalue weighted by molar-refractivity contribution is 5.71. The largest absolute Gasteiger partial charge is 0.462 e. The van der Waals surface area contributed by atoms with Crippen LogP contribution in [0.5, 0.6) is 0 Å². The van der Waals surface area contributed by atoms with Crippen LogP contribution >= 0.6 is 0 Å². The van der Waals surface area contributed by atoms with Crippen molar-refractivity contribution >= 4 is 17.9 Å². The van der Waals surface area contributed by atoms with E-state index in [2.05, 4.69) is 130 Å². The van der Waals surface area contributed by atoms with Gasteiger partial charge in [0.05, 0.1) is 0 Å². The van der Waals surface area contributed by atoms with Crippen LogP contribution in [-0.4, -0.2) is 37.2 Å². The van der Waals surface area contributed by atoms with Crippen molar-refractivity contribution in [2.45, 2.75) is 329 Å². The molecule has 0 rings (SSSR count). The average molecular weight is 1110 g/mol. The molecular formula is C74H126O6. The minimum atomic E-state index is -0.791. The fourth-order valence-electron chi connectivity index (χ4n) is 9.45. The quantitative estimate of drug-likeness (QED) is 0.0261. The molecule has 0 aliphatic rings. The second-order valence-corrected chi connectivity index (χ2v) is 22.4. The summed E-state index contributed by atoms with van der Waals surface area (Å²) in [5.41, 5.74) is 0. The Balaban J connectivity index is 4.40. The van der Waals surface area contributed by atoms with Crippen molar-refractivity contribution in [3.8, 4) is 0 Å². The van der Waals surface area contributed by atoms with Gasteiger partial charge in [0.2, 0.25) is 0 Å². The van der Waals surface area contributed by atoms with Gasteiger partial charge in [-0.2, -0.15) is 0 Å². The monoisotopic (exact) mass is 1110 g/mol. The summed E-state index contributed by atoms with van der Waals surface area (Å²) < 4.78 is 17.0. The lowest BCUT2D eigenvalue weighted by molar-refractivity contribution is -0.167. The van der Waals surface area contributed by atoms with E-state index in [1.165, 1.54) is 148 Å². The third-order valence-electron chi connectivity index (χ3n) is 14.5. The number of esters is 3. The molecular weight excluding hydrogens is 985 g/mol. The van der Waals surface area contributed by atoms with Crippen molar-refractivity contribution in [1.29, 1.82) is 0 Å². The molecule has 0 aromatic heterocycles. The van der Waals surface area contributed by atoms with E-state index in [0.29, 0.717) is 19.3 Å². The lowest BCUT2D eigenvalue weighted by Crippen LogP contribution is -2.30. The van der Waals surface area contributed by atoms with Gasteiger partial charge in [-0.05, 0) is 109 Å². The Bertz CT molecular complexity index is 1610. The maximum atomic E-state index is 12.9. The molecule has 6 heteroatoms. The summed E-state index contributed by atoms with van der Waals surface area (Å²) in [7, 11) is 0. The van der Waals surface area contributed by atoms with Gasteiger partial charge in [0.15, 0.2) is 6.10 Å². The molecule has 0 heterocycles. The van der Waals surface area contributed by atoms with E-state index < -0.39 is 6.10 Å². The predicted molar refractivity (Wildman–Crippen MR) is 348 cm³/mol. The predicted octanol–water partition coefficient (Wildman–Crippen LogP) is 23.4. The SMILES string of the molecule is CC/C=C\C/C=C\C/C=C\C/C=C\C/C=C\C/C=C\C/C=C\CCCCCCCC(=O)OCC(COC(=O)CCCCCCCCC/C=C\C/C=C\CCCCC)OC(=O)CCCCCCCCCCCCCCCCCCCC. The Morgan fingerprint density at radius 1 is 0.263 bits per heavy atom. The van der Waals surface area contributed by atoms with Crippen LogP contribution in [0.3, 0.4) is 0 Å². The Hall–Kier alpha value is -3.93. The highest BCUT2D eigenvalue weighted by Gasteiger charge is 2.19. The van der Waals surface area contributed by atoms with Crippen molar-refractivity contribution < 1.29 is 28.6 Å². The molecule has 0 amide bonds. The minimum absolute atomic E-state index is 0.0868. The molecule has 0 N–H and O–H groups in total. The van der Waals surface area contributed by atoms with E-state index in [1.807, 2.05) is 0 Å². The zero-order valence-electron chi connectivity index (χ0n) is 52.6. The molecule has 0 saturated carbocycles. The summed E-state index contributed by atoms with van der Waals surface area (Å²) in [6.45, 7) is 6.52. The second-order valence-electron chi connectivity index (χ2n) is 22.4. The van der Waals surface area contributed by atoms with E-state index >= 15 is 0 Å². The first-order valence-electron chi connectivity index (χ1n) is 33.9. The summed E-state index contributed by atoms with van der Waals surface area (Å²) in [6, 6.07) is 0. The van der Waals surface area contributed by atoms with Gasteiger partial charge in [-0.25, -0.2) is 0 Å². The third-order valence-corrected chi connectivity index (χ3v) is 14.5. The smallest absolute Gasteiger partial charge is 0.306 e. The van der Waals surface area contributed by atoms with E-state index in [1.54, 1.807) is 0 Å². The molecule has 0 aliphatic carbocycles. The van der Waals surface area contributed by atoms with Gasteiger partial charge in [-0.1, -0.05) is 304 Å². The van der Waals surface area contributed by atoms with Gasteiger partial charge in [0.1, 0.15) is 13.2 Å². The summed E-state index contributed by atoms with van der Waals surface area (Å²) in [5, 5.41) is 0. The number of unbranched alkanes of at least 4 members (excludes halogenated alkanes) is 32. The van der Waals surface area contributed by atoms with Crippen LogP contribution in [0.1, 0.15) is 323 Å². The van der Waals surface area contributed by atoms with Gasteiger partial charge in [0.25, 0.3) is 0 Å². The maximum absolute atomic E-state index is 12.9. The number of hydrogen-bond donors (Lipinski definition) is 0. The fraction of sp³-hybridized carbons (Fsp3) is 0.716. The molecule has 0 saturated heterocycles. The molecule has 0 fully saturated rings. The van der Waals surface area contributed by atoms with Crippen LogP contribution in [0.2, 0.25) is 0 Å². The molecule has 0 aromatic carbocycles. The molecule has 6 nitrogen and oxygen atoms in total. The molecule has 458 valence electrons. The Kier molecular flexibility index (Phi) is 64.3. The van der Waals surface area contributed by atoms with Crippen LogP contribution in [0.15, 0.2) is 109 Å². The number of ether oxygens (including phenoxy) is 3. The van der Waals surface area contributed by atoms with Gasteiger partial charge in [-0.3, -0.25) is 14.4 Å². The van der Waals surface area contributed by atoms with Gasteiger partial charge < -0.3 is 14.2 Å². The van der Waals surface area contributed by atoms with Crippen LogP contribution in [0.4, 0.5) is 0 Å². The second kappa shape index (κ2) is 67.6. The fourth-order valence-corrected chi connectivity index (χ4v) is 9.45. The van der Waals surface area contributed by atoms with Crippen LogP contribution in [0.25, 0.3) is 0 Å². The first-order valence-corrected chi connectivity index (χ1v) is 33.9. The first kappa shape index (κ1) is 76.1. The van der Waals surface area contributed by atoms with E-state index in [4.69, 9.17) is 14.2 Å². The van der Waals surface area contributed by atoms with E-state index in [9.17, 15) is 14.4 Å². The topological polar surface area (TPSA) is 78.9 Å². The van der Waals surface area contributed by atoms with Crippen molar-refractivity contribution in [3.05, 3.63) is 109 Å². The van der Waals surface area contributed by atoms with Gasteiger partial charge in [-0.15, -0.1) is 0 Å². The Labute approximate surface area is 495 Å². The van der Waals surface area contributed by atoms with Crippen molar-refractivity contribution in [3.63, 3.8) is 0 Å².